The lowest BCUT2D eigenvalue weighted by Gasteiger charge is -2.58. The zero-order valence-electron chi connectivity index (χ0n) is 22.7. The number of ketones is 1. The Hall–Kier alpha value is -3.34. The van der Waals surface area contributed by atoms with Crippen molar-refractivity contribution in [1.82, 2.24) is 5.32 Å². The number of carbonyl (C=O) groups excluding carboxylic acids is 2. The van der Waals surface area contributed by atoms with E-state index in [0.717, 1.165) is 5.57 Å². The first-order valence-corrected chi connectivity index (χ1v) is 15.9. The van der Waals surface area contributed by atoms with Crippen molar-refractivity contribution in [3.05, 3.63) is 93.4 Å². The average Bonchev–Trinajstić information content (AvgIpc) is 3.20. The summed E-state index contributed by atoms with van der Waals surface area (Å²) in [4.78, 5) is 45.3. The average molecular weight is 598 g/mol. The molecule has 3 N–H and O–H groups in total. The van der Waals surface area contributed by atoms with Gasteiger partial charge in [-0.05, 0) is 62.6 Å². The second-order valence-corrected chi connectivity index (χ2v) is 14.6. The summed E-state index contributed by atoms with van der Waals surface area (Å²) in [6.07, 6.45) is 3.87. The molecule has 12 heteroatoms. The molecule has 214 valence electrons. The number of hydrogen-bond donors (Lipinski definition) is 3. The number of benzene rings is 2. The van der Waals surface area contributed by atoms with Gasteiger partial charge in [-0.2, -0.15) is 0 Å². The lowest BCUT2D eigenvalue weighted by atomic mass is 9.52. The van der Waals surface area contributed by atoms with Crippen LogP contribution in [0, 0.1) is 10.8 Å². The van der Waals surface area contributed by atoms with E-state index in [1.165, 1.54) is 18.2 Å². The SMILES string of the molecule is CC1=CC=C2C(C)(C)C(=O)C(S(=O)(=O)c3ccccc3)=CC23Oc2c(ccc4c2C(OP(=O)(O)O)NC4=O)CC13C. The molecule has 3 atom stereocenters. The number of nitrogens with one attached hydrogen (secondary N) is 1. The van der Waals surface area contributed by atoms with Crippen molar-refractivity contribution >= 4 is 29.4 Å². The molecule has 0 saturated carbocycles. The molecule has 2 aromatic carbocycles. The highest BCUT2D eigenvalue weighted by molar-refractivity contribution is 7.96. The molecular formula is C29H28NO9PS. The van der Waals surface area contributed by atoms with Crippen LogP contribution in [0.1, 0.15) is 55.4 Å². The molecule has 6 rings (SSSR count). The molecular weight excluding hydrogens is 569 g/mol. The lowest BCUT2D eigenvalue weighted by molar-refractivity contribution is -0.124. The number of ether oxygens (including phenoxy) is 1. The molecule has 0 bridgehead atoms. The smallest absolute Gasteiger partial charge is 0.471 e. The third-order valence-electron chi connectivity index (χ3n) is 8.83. The molecule has 1 spiro atoms. The van der Waals surface area contributed by atoms with Gasteiger partial charge in [0.05, 0.1) is 21.4 Å². The van der Waals surface area contributed by atoms with Crippen molar-refractivity contribution < 1.29 is 41.6 Å². The second kappa shape index (κ2) is 8.59. The van der Waals surface area contributed by atoms with Crippen molar-refractivity contribution in [3.8, 4) is 5.75 Å². The van der Waals surface area contributed by atoms with Gasteiger partial charge in [-0.1, -0.05) is 48.9 Å². The first-order valence-electron chi connectivity index (χ1n) is 12.9. The molecule has 3 unspecified atom stereocenters. The van der Waals surface area contributed by atoms with Crippen LogP contribution in [0.5, 0.6) is 5.75 Å². The van der Waals surface area contributed by atoms with E-state index in [1.54, 1.807) is 50.3 Å². The van der Waals surface area contributed by atoms with Gasteiger partial charge in [0.2, 0.25) is 9.84 Å². The molecule has 0 aromatic heterocycles. The van der Waals surface area contributed by atoms with E-state index in [9.17, 15) is 32.4 Å². The minimum Gasteiger partial charge on any atom is -0.477 e. The molecule has 10 nitrogen and oxygen atoms in total. The molecule has 1 amide bonds. The Balaban J connectivity index is 1.65. The summed E-state index contributed by atoms with van der Waals surface area (Å²) in [6.45, 7) is 7.16. The van der Waals surface area contributed by atoms with Gasteiger partial charge >= 0.3 is 7.82 Å². The summed E-state index contributed by atoms with van der Waals surface area (Å²) >= 11 is 0. The van der Waals surface area contributed by atoms with E-state index in [1.807, 2.05) is 19.9 Å². The number of phosphoric ester groups is 1. The second-order valence-electron chi connectivity index (χ2n) is 11.5. The molecule has 0 radical (unpaired) electrons. The Kier molecular flexibility index (Phi) is 5.83. The van der Waals surface area contributed by atoms with Gasteiger partial charge in [0, 0.05) is 5.41 Å². The van der Waals surface area contributed by atoms with Gasteiger partial charge < -0.3 is 19.8 Å². The quantitative estimate of drug-likeness (QED) is 0.442. The third-order valence-corrected chi connectivity index (χ3v) is 11.1. The number of carbonyl (C=O) groups is 2. The van der Waals surface area contributed by atoms with E-state index >= 15 is 0 Å². The van der Waals surface area contributed by atoms with Gasteiger partial charge in [-0.3, -0.25) is 14.1 Å². The molecule has 0 fully saturated rings. The molecule has 2 aliphatic heterocycles. The van der Waals surface area contributed by atoms with Gasteiger partial charge in [-0.25, -0.2) is 13.0 Å². The van der Waals surface area contributed by atoms with E-state index in [-0.39, 0.29) is 21.8 Å². The van der Waals surface area contributed by atoms with E-state index in [2.05, 4.69) is 5.32 Å². The van der Waals surface area contributed by atoms with Crippen LogP contribution in [0.2, 0.25) is 0 Å². The van der Waals surface area contributed by atoms with Crippen molar-refractivity contribution in [2.24, 2.45) is 10.8 Å². The Morgan fingerprint density at radius 2 is 1.73 bits per heavy atom. The number of Topliss-reactive ketones (excluding diaryl/α,β-unsaturated/α-hetero) is 1. The van der Waals surface area contributed by atoms with Crippen LogP contribution in [0.25, 0.3) is 0 Å². The lowest BCUT2D eigenvalue weighted by Crippen LogP contribution is -2.62. The first kappa shape index (κ1) is 27.8. The van der Waals surface area contributed by atoms with Crippen molar-refractivity contribution in [3.63, 3.8) is 0 Å². The number of rotatable bonds is 4. The molecule has 2 heterocycles. The maximum Gasteiger partial charge on any atom is 0.471 e. The zero-order chi connectivity index (χ0) is 29.8. The summed E-state index contributed by atoms with van der Waals surface area (Å²) in [7, 11) is -9.31. The predicted molar refractivity (Wildman–Crippen MR) is 147 cm³/mol. The Bertz CT molecular complexity index is 1800. The van der Waals surface area contributed by atoms with Crippen LogP contribution in [-0.2, 0) is 30.1 Å². The van der Waals surface area contributed by atoms with E-state index < -0.39 is 56.9 Å². The van der Waals surface area contributed by atoms with Crippen LogP contribution in [-0.4, -0.2) is 35.5 Å². The molecule has 2 aliphatic carbocycles. The summed E-state index contributed by atoms with van der Waals surface area (Å²) in [5.41, 5.74) is -1.42. The highest BCUT2D eigenvalue weighted by atomic mass is 32.2. The highest BCUT2D eigenvalue weighted by Crippen LogP contribution is 2.63. The van der Waals surface area contributed by atoms with E-state index in [4.69, 9.17) is 9.26 Å². The number of fused-ring (bicyclic) bond motifs is 3. The number of phosphoric acid groups is 1. The van der Waals surface area contributed by atoms with Gasteiger partial charge in [0.25, 0.3) is 5.91 Å². The number of hydrogen-bond acceptors (Lipinski definition) is 7. The van der Waals surface area contributed by atoms with Crippen LogP contribution < -0.4 is 10.1 Å². The summed E-state index contributed by atoms with van der Waals surface area (Å²) < 4.78 is 51.5. The fraction of sp³-hybridized carbons (Fsp3) is 0.310. The molecule has 41 heavy (non-hydrogen) atoms. The monoisotopic (exact) mass is 597 g/mol. The molecule has 2 aromatic rings. The van der Waals surface area contributed by atoms with Crippen LogP contribution in [0.15, 0.2) is 81.6 Å². The van der Waals surface area contributed by atoms with Crippen LogP contribution in [0.3, 0.4) is 0 Å². The maximum atomic E-state index is 14.0. The van der Waals surface area contributed by atoms with Crippen LogP contribution >= 0.6 is 7.82 Å². The number of sulfone groups is 1. The fourth-order valence-corrected chi connectivity index (χ4v) is 8.50. The van der Waals surface area contributed by atoms with Gasteiger partial charge in [0.1, 0.15) is 10.7 Å². The predicted octanol–water partition coefficient (Wildman–Crippen LogP) is 4.07. The first-order chi connectivity index (χ1) is 19.0. The largest absolute Gasteiger partial charge is 0.477 e. The van der Waals surface area contributed by atoms with Gasteiger partial charge in [-0.15, -0.1) is 0 Å². The highest BCUT2D eigenvalue weighted by Gasteiger charge is 2.64. The van der Waals surface area contributed by atoms with Crippen molar-refractivity contribution in [1.29, 1.82) is 0 Å². The van der Waals surface area contributed by atoms with Crippen molar-refractivity contribution in [2.75, 3.05) is 0 Å². The number of amides is 1. The molecule has 0 saturated heterocycles. The molecule has 4 aliphatic rings. The fourth-order valence-electron chi connectivity index (χ4n) is 6.48. The van der Waals surface area contributed by atoms with E-state index in [0.29, 0.717) is 17.6 Å². The topological polar surface area (TPSA) is 156 Å². The van der Waals surface area contributed by atoms with Crippen LogP contribution in [0.4, 0.5) is 0 Å². The van der Waals surface area contributed by atoms with Crippen molar-refractivity contribution in [2.45, 2.75) is 50.8 Å². The minimum absolute atomic E-state index is 0.0361. The third kappa shape index (κ3) is 3.80. The summed E-state index contributed by atoms with van der Waals surface area (Å²) in [5, 5.41) is 2.44. The summed E-state index contributed by atoms with van der Waals surface area (Å²) in [5.74, 6) is -1.04. The number of allylic oxidation sites excluding steroid dienone is 3. The minimum atomic E-state index is -5.04. The zero-order valence-corrected chi connectivity index (χ0v) is 24.4. The Morgan fingerprint density at radius 3 is 2.39 bits per heavy atom. The Labute approximate surface area is 236 Å². The maximum absolute atomic E-state index is 14.0. The summed E-state index contributed by atoms with van der Waals surface area (Å²) in [6, 6.07) is 10.9. The Morgan fingerprint density at radius 1 is 1.05 bits per heavy atom. The standard InChI is InChI=1S/C29H28NO9PS/c1-16-10-13-21-27(2,3)24(31)20(41(36,37)18-8-6-5-7-9-18)15-29(21)28(16,4)14-17-11-12-19-22(23(17)38-29)26(30-25(19)32)39-40(33,34)35/h5-13,15,26H,14H2,1-4H3,(H,30,32)(H2,33,34,35). The normalized spacial score (nSPS) is 28.1. The van der Waals surface area contributed by atoms with Gasteiger partial charge in [0.15, 0.2) is 17.6 Å².